The van der Waals surface area contributed by atoms with Gasteiger partial charge in [-0.2, -0.15) is 0 Å². The highest BCUT2D eigenvalue weighted by atomic mass is 16.1. The van der Waals surface area contributed by atoms with Crippen LogP contribution >= 0.6 is 0 Å². The number of rotatable bonds is 6. The second kappa shape index (κ2) is 8.45. The first-order valence-corrected chi connectivity index (χ1v) is 13.4. The Morgan fingerprint density at radius 3 is 2.42 bits per heavy atom. The summed E-state index contributed by atoms with van der Waals surface area (Å²) in [5.74, 6) is 5.49. The molecular formula is C29H46O2. The molecule has 0 N–H and O–H groups in total. The summed E-state index contributed by atoms with van der Waals surface area (Å²) in [6.45, 7) is 14.5. The summed E-state index contributed by atoms with van der Waals surface area (Å²) >= 11 is 0. The molecule has 0 radical (unpaired) electrons. The van der Waals surface area contributed by atoms with E-state index in [0.717, 1.165) is 36.0 Å². The number of carbonyl (C=O) groups excluding carboxylic acids is 2. The van der Waals surface area contributed by atoms with Gasteiger partial charge in [0, 0.05) is 0 Å². The van der Waals surface area contributed by atoms with Crippen molar-refractivity contribution in [1.29, 1.82) is 0 Å². The molecule has 2 nitrogen and oxygen atoms in total. The van der Waals surface area contributed by atoms with Gasteiger partial charge in [-0.05, 0) is 105 Å². The van der Waals surface area contributed by atoms with Crippen LogP contribution in [-0.4, -0.2) is 11.6 Å². The van der Waals surface area contributed by atoms with Crippen LogP contribution in [-0.2, 0) is 9.59 Å². The fraction of sp³-hybridized carbons (Fsp3) is 0.862. The fourth-order valence-electron chi connectivity index (χ4n) is 9.08. The quantitative estimate of drug-likeness (QED) is 0.414. The van der Waals surface area contributed by atoms with E-state index < -0.39 is 0 Å². The first kappa shape index (κ1) is 23.2. The zero-order valence-corrected chi connectivity index (χ0v) is 21.0. The van der Waals surface area contributed by atoms with Crippen LogP contribution in [0, 0.1) is 52.3 Å². The van der Waals surface area contributed by atoms with E-state index in [1.807, 2.05) is 6.08 Å². The second-order valence-electron chi connectivity index (χ2n) is 12.5. The van der Waals surface area contributed by atoms with Gasteiger partial charge in [-0.3, -0.25) is 9.59 Å². The molecule has 0 bridgehead atoms. The molecule has 2 heteroatoms. The predicted molar refractivity (Wildman–Crippen MR) is 128 cm³/mol. The van der Waals surface area contributed by atoms with Gasteiger partial charge in [0.2, 0.25) is 0 Å². The Bertz CT molecular complexity index is 748. The Kier molecular flexibility index (Phi) is 6.34. The molecule has 0 aromatic rings. The molecule has 174 valence electrons. The van der Waals surface area contributed by atoms with Crippen molar-refractivity contribution in [2.75, 3.05) is 0 Å². The molecule has 0 aromatic carbocycles. The van der Waals surface area contributed by atoms with Gasteiger partial charge in [0.15, 0.2) is 11.6 Å². The maximum Gasteiger partial charge on any atom is 0.163 e. The number of carbonyl (C=O) groups is 2. The standard InChI is InChI=1S/C29H46O2/c1-7-20(18(2)3)9-8-19(4)24-12-13-25-23-11-10-21-16-22(30)17-27(31)29(21,6)26(23)14-15-28(24,25)5/h16,18-20,23-26H,7-15,17H2,1-6H3/t19-,20-,23+,24-,25-,26+,28-,29+/m1/s1. The molecule has 0 heterocycles. The Hall–Kier alpha value is -0.920. The molecule has 0 saturated heterocycles. The maximum absolute atomic E-state index is 13.1. The molecule has 4 rings (SSSR count). The molecular weight excluding hydrogens is 380 g/mol. The lowest BCUT2D eigenvalue weighted by molar-refractivity contribution is -0.140. The van der Waals surface area contributed by atoms with Crippen LogP contribution < -0.4 is 0 Å². The van der Waals surface area contributed by atoms with E-state index in [-0.39, 0.29) is 23.4 Å². The Morgan fingerprint density at radius 2 is 1.74 bits per heavy atom. The number of hydrogen-bond donors (Lipinski definition) is 0. The first-order valence-electron chi connectivity index (χ1n) is 13.4. The van der Waals surface area contributed by atoms with Crippen LogP contribution in [0.25, 0.3) is 0 Å². The van der Waals surface area contributed by atoms with Crippen molar-refractivity contribution in [1.82, 2.24) is 0 Å². The molecule has 0 aliphatic heterocycles. The van der Waals surface area contributed by atoms with Gasteiger partial charge in [-0.1, -0.05) is 53.0 Å². The summed E-state index contributed by atoms with van der Waals surface area (Å²) in [6, 6.07) is 0. The van der Waals surface area contributed by atoms with Gasteiger partial charge in [0.05, 0.1) is 11.8 Å². The van der Waals surface area contributed by atoms with Crippen LogP contribution in [0.1, 0.15) is 106 Å². The molecule has 3 fully saturated rings. The van der Waals surface area contributed by atoms with Crippen molar-refractivity contribution in [3.63, 3.8) is 0 Å². The van der Waals surface area contributed by atoms with Crippen LogP contribution in [0.3, 0.4) is 0 Å². The zero-order chi connectivity index (χ0) is 22.6. The van der Waals surface area contributed by atoms with Crippen molar-refractivity contribution >= 4 is 11.6 Å². The van der Waals surface area contributed by atoms with Crippen LogP contribution in [0.2, 0.25) is 0 Å². The van der Waals surface area contributed by atoms with Gasteiger partial charge < -0.3 is 0 Å². The van der Waals surface area contributed by atoms with Gasteiger partial charge in [-0.15, -0.1) is 0 Å². The number of Topliss-reactive ketones (excluding diaryl/α,β-unsaturated/α-hetero) is 1. The fourth-order valence-corrected chi connectivity index (χ4v) is 9.08. The minimum Gasteiger partial charge on any atom is -0.298 e. The average molecular weight is 427 g/mol. The molecule has 4 aliphatic rings. The Morgan fingerprint density at radius 1 is 1.00 bits per heavy atom. The highest BCUT2D eigenvalue weighted by Gasteiger charge is 2.61. The number of allylic oxidation sites excluding steroid dienone is 1. The minimum atomic E-state index is -0.354. The summed E-state index contributed by atoms with van der Waals surface area (Å²) in [6.07, 6.45) is 13.4. The third kappa shape index (κ3) is 3.68. The number of ketones is 2. The molecule has 3 saturated carbocycles. The highest BCUT2D eigenvalue weighted by Crippen LogP contribution is 2.67. The van der Waals surface area contributed by atoms with Crippen molar-refractivity contribution in [2.45, 2.75) is 106 Å². The van der Waals surface area contributed by atoms with Crippen molar-refractivity contribution < 1.29 is 9.59 Å². The normalized spacial score (nSPS) is 42.0. The summed E-state index contributed by atoms with van der Waals surface area (Å²) < 4.78 is 0. The molecule has 0 aromatic heterocycles. The van der Waals surface area contributed by atoms with Gasteiger partial charge >= 0.3 is 0 Å². The van der Waals surface area contributed by atoms with Crippen molar-refractivity contribution in [2.24, 2.45) is 52.3 Å². The third-order valence-corrected chi connectivity index (χ3v) is 11.1. The lowest BCUT2D eigenvalue weighted by atomic mass is 9.46. The Balaban J connectivity index is 1.51. The summed E-state index contributed by atoms with van der Waals surface area (Å²) in [4.78, 5) is 25.2. The van der Waals surface area contributed by atoms with E-state index >= 15 is 0 Å². The van der Waals surface area contributed by atoms with E-state index in [2.05, 4.69) is 41.5 Å². The van der Waals surface area contributed by atoms with E-state index in [9.17, 15) is 9.59 Å². The van der Waals surface area contributed by atoms with Crippen LogP contribution in [0.4, 0.5) is 0 Å². The summed E-state index contributed by atoms with van der Waals surface area (Å²) in [7, 11) is 0. The molecule has 0 spiro atoms. The number of fused-ring (bicyclic) bond motifs is 5. The summed E-state index contributed by atoms with van der Waals surface area (Å²) in [5, 5.41) is 0. The smallest absolute Gasteiger partial charge is 0.163 e. The first-order chi connectivity index (χ1) is 14.6. The van der Waals surface area contributed by atoms with E-state index in [0.29, 0.717) is 17.3 Å². The Labute approximate surface area is 191 Å². The van der Waals surface area contributed by atoms with Crippen molar-refractivity contribution in [3.8, 4) is 0 Å². The second-order valence-corrected chi connectivity index (χ2v) is 12.5. The predicted octanol–water partition coefficient (Wildman–Crippen LogP) is 7.41. The molecule has 0 unspecified atom stereocenters. The largest absolute Gasteiger partial charge is 0.298 e. The molecule has 8 atom stereocenters. The third-order valence-electron chi connectivity index (χ3n) is 11.1. The molecule has 4 aliphatic carbocycles. The summed E-state index contributed by atoms with van der Waals surface area (Å²) in [5.41, 5.74) is 1.26. The lowest BCUT2D eigenvalue weighted by Crippen LogP contribution is -2.54. The van der Waals surface area contributed by atoms with Crippen LogP contribution in [0.15, 0.2) is 11.6 Å². The highest BCUT2D eigenvalue weighted by molar-refractivity contribution is 6.11. The molecule has 31 heavy (non-hydrogen) atoms. The maximum atomic E-state index is 13.1. The monoisotopic (exact) mass is 426 g/mol. The van der Waals surface area contributed by atoms with Gasteiger partial charge in [-0.25, -0.2) is 0 Å². The van der Waals surface area contributed by atoms with E-state index in [4.69, 9.17) is 0 Å². The van der Waals surface area contributed by atoms with Gasteiger partial charge in [0.25, 0.3) is 0 Å². The molecule has 0 amide bonds. The van der Waals surface area contributed by atoms with Gasteiger partial charge in [0.1, 0.15) is 0 Å². The topological polar surface area (TPSA) is 34.1 Å². The minimum absolute atomic E-state index is 0.0399. The average Bonchev–Trinajstić information content (AvgIpc) is 3.06. The SMILES string of the molecule is CC[C@H](CC[C@@H](C)[C@H]1CC[C@@H]2[C@@H]3CCC4=CC(=O)CC(=O)[C@]4(C)[C@H]3CC[C@@]21C)C(C)C. The van der Waals surface area contributed by atoms with Crippen molar-refractivity contribution in [3.05, 3.63) is 11.6 Å². The zero-order valence-electron chi connectivity index (χ0n) is 21.0. The lowest BCUT2D eigenvalue weighted by Gasteiger charge is -2.57. The van der Waals surface area contributed by atoms with Crippen LogP contribution in [0.5, 0.6) is 0 Å². The van der Waals surface area contributed by atoms with E-state index in [1.165, 1.54) is 56.9 Å². The number of hydrogen-bond acceptors (Lipinski definition) is 2. The van der Waals surface area contributed by atoms with E-state index in [1.54, 1.807) is 0 Å².